The van der Waals surface area contributed by atoms with Crippen LogP contribution < -0.4 is 11.1 Å². The predicted molar refractivity (Wildman–Crippen MR) is 87.8 cm³/mol. The summed E-state index contributed by atoms with van der Waals surface area (Å²) in [6, 6.07) is 0. The Morgan fingerprint density at radius 3 is 2.39 bits per heavy atom. The van der Waals surface area contributed by atoms with Crippen molar-refractivity contribution in [2.45, 2.75) is 63.8 Å². The molecule has 0 aromatic rings. The number of nitrogens with one attached hydrogen (secondary N) is 1. The number of aliphatic carboxylic acids is 1. The number of hydrogen-bond acceptors (Lipinski definition) is 4. The van der Waals surface area contributed by atoms with Gasteiger partial charge in [0, 0.05) is 5.92 Å². The van der Waals surface area contributed by atoms with Crippen molar-refractivity contribution in [3.8, 4) is 0 Å². The number of carboxylic acid groups (broad SMARTS) is 1. The molecule has 4 N–H and O–H groups in total. The largest absolute Gasteiger partial charge is 0.479 e. The van der Waals surface area contributed by atoms with Crippen LogP contribution in [-0.2, 0) is 14.4 Å². The Kier molecular flexibility index (Phi) is 7.95. The summed E-state index contributed by atoms with van der Waals surface area (Å²) in [5.74, 6) is -2.47. The molecule has 1 aliphatic carbocycles. The molecule has 23 heavy (non-hydrogen) atoms. The maximum atomic E-state index is 12.9. The zero-order valence-electron chi connectivity index (χ0n) is 13.8. The highest BCUT2D eigenvalue weighted by Gasteiger charge is 2.49. The Morgan fingerprint density at radius 2 is 1.87 bits per heavy atom. The molecule has 1 aliphatic rings. The van der Waals surface area contributed by atoms with Gasteiger partial charge in [-0.15, -0.1) is 0 Å². The number of hydrogen-bond donors (Lipinski definition) is 3. The van der Waals surface area contributed by atoms with E-state index >= 15 is 0 Å². The van der Waals surface area contributed by atoms with Crippen LogP contribution in [0.15, 0.2) is 12.2 Å². The Hall–Kier alpha value is -1.69. The summed E-state index contributed by atoms with van der Waals surface area (Å²) in [6.07, 6.45) is 8.27. The summed E-state index contributed by atoms with van der Waals surface area (Å²) in [6.45, 7) is 2.09. The van der Waals surface area contributed by atoms with Crippen LogP contribution in [0, 0.1) is 5.92 Å². The van der Waals surface area contributed by atoms with Crippen molar-refractivity contribution < 1.29 is 19.5 Å². The molecule has 0 unspecified atom stereocenters. The fraction of sp³-hybridized carbons (Fsp3) is 0.706. The van der Waals surface area contributed by atoms with Gasteiger partial charge in [-0.05, 0) is 51.6 Å². The third kappa shape index (κ3) is 5.16. The average molecular weight is 324 g/mol. The van der Waals surface area contributed by atoms with Crippen LogP contribution in [0.5, 0.6) is 0 Å². The number of allylic oxidation sites excluding steroid dienone is 1. The van der Waals surface area contributed by atoms with Crippen molar-refractivity contribution >= 4 is 17.7 Å². The summed E-state index contributed by atoms with van der Waals surface area (Å²) >= 11 is 0. The molecule has 0 saturated heterocycles. The molecule has 0 radical (unpaired) electrons. The lowest BCUT2D eigenvalue weighted by atomic mass is 9.75. The molecular formula is C17H28N2O4. The monoisotopic (exact) mass is 324 g/mol. The molecule has 1 amide bonds. The van der Waals surface area contributed by atoms with Gasteiger partial charge in [-0.1, -0.05) is 25.3 Å². The topological polar surface area (TPSA) is 109 Å². The number of ketones is 1. The number of unbranched alkanes of at least 4 members (excludes halogenated alkanes) is 1. The summed E-state index contributed by atoms with van der Waals surface area (Å²) < 4.78 is 0. The minimum absolute atomic E-state index is 0.0815. The molecule has 0 aromatic heterocycles. The first-order chi connectivity index (χ1) is 11.0. The molecule has 1 saturated carbocycles. The summed E-state index contributed by atoms with van der Waals surface area (Å²) in [5, 5.41) is 12.2. The van der Waals surface area contributed by atoms with E-state index in [0.29, 0.717) is 32.2 Å². The van der Waals surface area contributed by atoms with Crippen LogP contribution in [0.25, 0.3) is 0 Å². The zero-order valence-corrected chi connectivity index (χ0v) is 13.8. The van der Waals surface area contributed by atoms with Gasteiger partial charge in [0.2, 0.25) is 5.91 Å². The fourth-order valence-corrected chi connectivity index (χ4v) is 3.16. The highest BCUT2D eigenvalue weighted by molar-refractivity contribution is 6.12. The molecule has 1 atom stereocenters. The molecular weight excluding hydrogens is 296 g/mol. The predicted octanol–water partition coefficient (Wildman–Crippen LogP) is 1.78. The van der Waals surface area contributed by atoms with Gasteiger partial charge in [-0.3, -0.25) is 9.59 Å². The molecule has 130 valence electrons. The van der Waals surface area contributed by atoms with Gasteiger partial charge in [0.15, 0.2) is 11.3 Å². The van der Waals surface area contributed by atoms with Crippen molar-refractivity contribution in [3.63, 3.8) is 0 Å². The smallest absolute Gasteiger partial charge is 0.337 e. The molecule has 0 aromatic carbocycles. The van der Waals surface area contributed by atoms with Gasteiger partial charge in [-0.2, -0.15) is 0 Å². The standard InChI is InChI=1S/C17H28N2O4/c1-2-8-14(20)19-17(16(22)23,11-6-7-12-18)15(21)13-9-4-3-5-10-13/h2,8,13H,3-7,9-12,18H2,1H3,(H,19,20)(H,22,23)/t17-/m1/s1. The molecule has 1 rings (SSSR count). The summed E-state index contributed by atoms with van der Waals surface area (Å²) in [4.78, 5) is 36.8. The van der Waals surface area contributed by atoms with Gasteiger partial charge in [0.05, 0.1) is 0 Å². The van der Waals surface area contributed by atoms with E-state index in [1.165, 1.54) is 12.2 Å². The van der Waals surface area contributed by atoms with E-state index in [1.54, 1.807) is 6.92 Å². The van der Waals surface area contributed by atoms with Crippen LogP contribution in [-0.4, -0.2) is 34.8 Å². The molecule has 0 aliphatic heterocycles. The first-order valence-electron chi connectivity index (χ1n) is 8.40. The van der Waals surface area contributed by atoms with E-state index in [-0.39, 0.29) is 18.1 Å². The Labute approximate surface area is 137 Å². The van der Waals surface area contributed by atoms with E-state index in [2.05, 4.69) is 5.32 Å². The minimum atomic E-state index is -1.84. The normalized spacial score (nSPS) is 18.5. The number of carbonyl (C=O) groups excluding carboxylic acids is 2. The second-order valence-corrected chi connectivity index (χ2v) is 6.14. The van der Waals surface area contributed by atoms with Crippen molar-refractivity contribution in [2.24, 2.45) is 11.7 Å². The lowest BCUT2D eigenvalue weighted by Crippen LogP contribution is -2.61. The highest BCUT2D eigenvalue weighted by atomic mass is 16.4. The third-order valence-electron chi connectivity index (χ3n) is 4.42. The van der Waals surface area contributed by atoms with E-state index in [1.807, 2.05) is 0 Å². The Balaban J connectivity index is 3.05. The maximum Gasteiger partial charge on any atom is 0.337 e. The van der Waals surface area contributed by atoms with E-state index in [0.717, 1.165) is 19.3 Å². The van der Waals surface area contributed by atoms with Gasteiger partial charge in [0.25, 0.3) is 0 Å². The fourth-order valence-electron chi connectivity index (χ4n) is 3.16. The number of amides is 1. The Morgan fingerprint density at radius 1 is 1.22 bits per heavy atom. The van der Waals surface area contributed by atoms with Crippen LogP contribution >= 0.6 is 0 Å². The van der Waals surface area contributed by atoms with Crippen molar-refractivity contribution in [2.75, 3.05) is 6.54 Å². The van der Waals surface area contributed by atoms with Crippen LogP contribution in [0.4, 0.5) is 0 Å². The first kappa shape index (κ1) is 19.4. The number of carbonyl (C=O) groups is 3. The molecule has 0 spiro atoms. The molecule has 0 heterocycles. The molecule has 6 heteroatoms. The van der Waals surface area contributed by atoms with Crippen LogP contribution in [0.3, 0.4) is 0 Å². The number of Topliss-reactive ketones (excluding diaryl/α,β-unsaturated/α-hetero) is 1. The van der Waals surface area contributed by atoms with Gasteiger partial charge in [-0.25, -0.2) is 4.79 Å². The SMILES string of the molecule is CC=CC(=O)N[C@@](CCCCN)(C(=O)O)C(=O)C1CCCCC1. The number of nitrogens with two attached hydrogens (primary N) is 1. The van der Waals surface area contributed by atoms with Gasteiger partial charge < -0.3 is 16.2 Å². The van der Waals surface area contributed by atoms with Crippen LogP contribution in [0.1, 0.15) is 58.3 Å². The quantitative estimate of drug-likeness (QED) is 0.340. The second-order valence-electron chi connectivity index (χ2n) is 6.14. The molecule has 1 fully saturated rings. The maximum absolute atomic E-state index is 12.9. The van der Waals surface area contributed by atoms with E-state index in [9.17, 15) is 19.5 Å². The zero-order chi connectivity index (χ0) is 17.3. The summed E-state index contributed by atoms with van der Waals surface area (Å²) in [5.41, 5.74) is 3.63. The van der Waals surface area contributed by atoms with Gasteiger partial charge in [0.1, 0.15) is 0 Å². The van der Waals surface area contributed by atoms with Crippen molar-refractivity contribution in [1.29, 1.82) is 0 Å². The molecule has 0 bridgehead atoms. The third-order valence-corrected chi connectivity index (χ3v) is 4.42. The van der Waals surface area contributed by atoms with Crippen molar-refractivity contribution in [1.82, 2.24) is 5.32 Å². The second kappa shape index (κ2) is 9.45. The summed E-state index contributed by atoms with van der Waals surface area (Å²) in [7, 11) is 0. The van der Waals surface area contributed by atoms with Crippen molar-refractivity contribution in [3.05, 3.63) is 12.2 Å². The lowest BCUT2D eigenvalue weighted by molar-refractivity contribution is -0.154. The number of carboxylic acids is 1. The first-order valence-corrected chi connectivity index (χ1v) is 8.40. The average Bonchev–Trinajstić information content (AvgIpc) is 2.54. The van der Waals surface area contributed by atoms with Crippen LogP contribution in [0.2, 0.25) is 0 Å². The Bertz CT molecular complexity index is 456. The van der Waals surface area contributed by atoms with E-state index in [4.69, 9.17) is 5.73 Å². The number of rotatable bonds is 9. The van der Waals surface area contributed by atoms with Gasteiger partial charge >= 0.3 is 5.97 Å². The minimum Gasteiger partial charge on any atom is -0.479 e. The highest BCUT2D eigenvalue weighted by Crippen LogP contribution is 2.30. The van der Waals surface area contributed by atoms with E-state index < -0.39 is 17.4 Å². The lowest BCUT2D eigenvalue weighted by Gasteiger charge is -2.33. The molecule has 6 nitrogen and oxygen atoms in total.